The maximum absolute atomic E-state index is 5.87. The van der Waals surface area contributed by atoms with E-state index in [-0.39, 0.29) is 0 Å². The minimum atomic E-state index is 0.435. The molecule has 1 unspecified atom stereocenters. The molecule has 0 heterocycles. The molecule has 94 valence electrons. The fourth-order valence-electron chi connectivity index (χ4n) is 1.66. The number of nitrogens with two attached hydrogens (primary N) is 1. The van der Waals surface area contributed by atoms with E-state index >= 15 is 0 Å². The number of rotatable bonds is 5. The Bertz CT molecular complexity index is 392. The van der Waals surface area contributed by atoms with Crippen LogP contribution in [0.5, 0.6) is 5.75 Å². The Kier molecular flexibility index (Phi) is 4.94. The van der Waals surface area contributed by atoms with Gasteiger partial charge in [-0.2, -0.15) is 0 Å². The van der Waals surface area contributed by atoms with Crippen molar-refractivity contribution in [3.63, 3.8) is 0 Å². The number of hydrogen-bond donors (Lipinski definition) is 1. The second-order valence-corrected chi connectivity index (χ2v) is 5.07. The van der Waals surface area contributed by atoms with Crippen molar-refractivity contribution in [1.82, 2.24) is 0 Å². The van der Waals surface area contributed by atoms with Crippen LogP contribution < -0.4 is 10.5 Å². The maximum Gasteiger partial charge on any atom is 0.125 e. The number of aryl methyl sites for hydroxylation is 2. The Morgan fingerprint density at radius 3 is 2.29 bits per heavy atom. The zero-order valence-electron chi connectivity index (χ0n) is 11.0. The average Bonchev–Trinajstić information content (AvgIpc) is 2.27. The smallest absolute Gasteiger partial charge is 0.125 e. The molecular formula is C14H21NOS. The van der Waals surface area contributed by atoms with Crippen molar-refractivity contribution in [3.8, 4) is 5.75 Å². The van der Waals surface area contributed by atoms with Crippen LogP contribution in [0.4, 0.5) is 0 Å². The van der Waals surface area contributed by atoms with Crippen molar-refractivity contribution in [2.75, 3.05) is 6.61 Å². The van der Waals surface area contributed by atoms with E-state index in [1.54, 1.807) is 0 Å². The molecule has 0 aliphatic heterocycles. The SMILES string of the molecule is CCC(C)COc1c(C)cc(C(N)=S)cc1C. The highest BCUT2D eigenvalue weighted by Crippen LogP contribution is 2.25. The Balaban J connectivity index is 2.90. The van der Waals surface area contributed by atoms with Crippen LogP contribution in [0, 0.1) is 19.8 Å². The van der Waals surface area contributed by atoms with Gasteiger partial charge in [0.1, 0.15) is 10.7 Å². The molecule has 0 amide bonds. The topological polar surface area (TPSA) is 35.2 Å². The molecule has 1 rings (SSSR count). The predicted octanol–water partition coefficient (Wildman–Crippen LogP) is 3.36. The molecular weight excluding hydrogens is 230 g/mol. The lowest BCUT2D eigenvalue weighted by atomic mass is 10.1. The Labute approximate surface area is 109 Å². The molecule has 17 heavy (non-hydrogen) atoms. The van der Waals surface area contributed by atoms with E-state index < -0.39 is 0 Å². The van der Waals surface area contributed by atoms with Gasteiger partial charge in [-0.1, -0.05) is 32.5 Å². The molecule has 0 saturated carbocycles. The molecule has 0 aliphatic rings. The quantitative estimate of drug-likeness (QED) is 0.815. The van der Waals surface area contributed by atoms with Crippen molar-refractivity contribution in [2.45, 2.75) is 34.1 Å². The first-order valence-corrected chi connectivity index (χ1v) is 6.40. The number of benzene rings is 1. The summed E-state index contributed by atoms with van der Waals surface area (Å²) < 4.78 is 5.87. The van der Waals surface area contributed by atoms with Gasteiger partial charge in [-0.3, -0.25) is 0 Å². The van der Waals surface area contributed by atoms with Crippen LogP contribution in [0.15, 0.2) is 12.1 Å². The van der Waals surface area contributed by atoms with Crippen molar-refractivity contribution >= 4 is 17.2 Å². The van der Waals surface area contributed by atoms with Gasteiger partial charge in [0, 0.05) is 5.56 Å². The minimum absolute atomic E-state index is 0.435. The zero-order chi connectivity index (χ0) is 13.0. The summed E-state index contributed by atoms with van der Waals surface area (Å²) in [6.07, 6.45) is 1.13. The average molecular weight is 251 g/mol. The molecule has 0 aromatic heterocycles. The van der Waals surface area contributed by atoms with E-state index in [1.807, 2.05) is 26.0 Å². The lowest BCUT2D eigenvalue weighted by Crippen LogP contribution is -2.12. The summed E-state index contributed by atoms with van der Waals surface area (Å²) >= 11 is 4.99. The van der Waals surface area contributed by atoms with E-state index in [0.29, 0.717) is 10.9 Å². The first-order valence-electron chi connectivity index (χ1n) is 5.99. The van der Waals surface area contributed by atoms with Crippen LogP contribution in [-0.2, 0) is 0 Å². The van der Waals surface area contributed by atoms with Gasteiger partial charge in [-0.15, -0.1) is 0 Å². The number of thiocarbonyl (C=S) groups is 1. The lowest BCUT2D eigenvalue weighted by molar-refractivity contribution is 0.253. The molecule has 2 N–H and O–H groups in total. The van der Waals surface area contributed by atoms with E-state index in [9.17, 15) is 0 Å². The van der Waals surface area contributed by atoms with Gasteiger partial charge in [0.25, 0.3) is 0 Å². The van der Waals surface area contributed by atoms with Crippen LogP contribution in [-0.4, -0.2) is 11.6 Å². The molecule has 0 spiro atoms. The molecule has 0 fully saturated rings. The summed E-state index contributed by atoms with van der Waals surface area (Å²) in [5.41, 5.74) is 8.73. The van der Waals surface area contributed by atoms with Crippen molar-refractivity contribution in [1.29, 1.82) is 0 Å². The summed E-state index contributed by atoms with van der Waals surface area (Å²) in [7, 11) is 0. The summed E-state index contributed by atoms with van der Waals surface area (Å²) in [6.45, 7) is 9.17. The standard InChI is InChI=1S/C14H21NOS/c1-5-9(2)8-16-13-10(3)6-12(14(15)17)7-11(13)4/h6-7,9H,5,8H2,1-4H3,(H2,15,17). The normalized spacial score (nSPS) is 12.2. The van der Waals surface area contributed by atoms with Gasteiger partial charge < -0.3 is 10.5 Å². The molecule has 1 aromatic carbocycles. The highest BCUT2D eigenvalue weighted by atomic mass is 32.1. The third kappa shape index (κ3) is 3.70. The highest BCUT2D eigenvalue weighted by Gasteiger charge is 2.09. The Morgan fingerprint density at radius 1 is 1.35 bits per heavy atom. The van der Waals surface area contributed by atoms with Gasteiger partial charge >= 0.3 is 0 Å². The summed E-state index contributed by atoms with van der Waals surface area (Å²) in [5.74, 6) is 1.54. The van der Waals surface area contributed by atoms with E-state index in [0.717, 1.165) is 35.5 Å². The Hall–Kier alpha value is -1.09. The highest BCUT2D eigenvalue weighted by molar-refractivity contribution is 7.80. The van der Waals surface area contributed by atoms with Crippen LogP contribution in [0.3, 0.4) is 0 Å². The third-order valence-electron chi connectivity index (χ3n) is 2.95. The summed E-state index contributed by atoms with van der Waals surface area (Å²) in [4.78, 5) is 0.435. The van der Waals surface area contributed by atoms with Crippen LogP contribution in [0.2, 0.25) is 0 Å². The van der Waals surface area contributed by atoms with Gasteiger partial charge in [0.2, 0.25) is 0 Å². The predicted molar refractivity (Wildman–Crippen MR) is 76.8 cm³/mol. The van der Waals surface area contributed by atoms with Gasteiger partial charge in [0.15, 0.2) is 0 Å². The summed E-state index contributed by atoms with van der Waals surface area (Å²) in [6, 6.07) is 3.97. The van der Waals surface area contributed by atoms with Crippen LogP contribution >= 0.6 is 12.2 Å². The number of ether oxygens (including phenoxy) is 1. The first-order chi connectivity index (χ1) is 7.95. The van der Waals surface area contributed by atoms with E-state index in [1.165, 1.54) is 0 Å². The molecule has 1 aromatic rings. The molecule has 3 heteroatoms. The van der Waals surface area contributed by atoms with Crippen molar-refractivity contribution in [3.05, 3.63) is 28.8 Å². The molecule has 0 aliphatic carbocycles. The fourth-order valence-corrected chi connectivity index (χ4v) is 1.78. The minimum Gasteiger partial charge on any atom is -0.493 e. The molecule has 2 nitrogen and oxygen atoms in total. The van der Waals surface area contributed by atoms with E-state index in [2.05, 4.69) is 13.8 Å². The maximum atomic E-state index is 5.87. The van der Waals surface area contributed by atoms with Crippen LogP contribution in [0.1, 0.15) is 37.0 Å². The molecule has 0 saturated heterocycles. The third-order valence-corrected chi connectivity index (χ3v) is 3.19. The van der Waals surface area contributed by atoms with Crippen LogP contribution in [0.25, 0.3) is 0 Å². The monoisotopic (exact) mass is 251 g/mol. The lowest BCUT2D eigenvalue weighted by Gasteiger charge is -2.16. The van der Waals surface area contributed by atoms with Gasteiger partial charge in [-0.05, 0) is 43.0 Å². The Morgan fingerprint density at radius 2 is 1.88 bits per heavy atom. The van der Waals surface area contributed by atoms with Gasteiger partial charge in [-0.25, -0.2) is 0 Å². The van der Waals surface area contributed by atoms with Gasteiger partial charge in [0.05, 0.1) is 6.61 Å². The summed E-state index contributed by atoms with van der Waals surface area (Å²) in [5, 5.41) is 0. The van der Waals surface area contributed by atoms with E-state index in [4.69, 9.17) is 22.7 Å². The number of hydrogen-bond acceptors (Lipinski definition) is 2. The zero-order valence-corrected chi connectivity index (χ0v) is 11.9. The molecule has 0 radical (unpaired) electrons. The first kappa shape index (κ1) is 14.0. The second-order valence-electron chi connectivity index (χ2n) is 4.63. The van der Waals surface area contributed by atoms with Crippen molar-refractivity contribution in [2.24, 2.45) is 11.7 Å². The molecule has 1 atom stereocenters. The second kappa shape index (κ2) is 6.01. The fraction of sp³-hybridized carbons (Fsp3) is 0.500. The van der Waals surface area contributed by atoms with Crippen molar-refractivity contribution < 1.29 is 4.74 Å². The molecule has 0 bridgehead atoms. The largest absolute Gasteiger partial charge is 0.493 e.